The largest absolute Gasteiger partial charge is 0.366 e. The average Bonchev–Trinajstić information content (AvgIpc) is 2.29. The normalized spacial score (nSPS) is 10.1. The Balaban J connectivity index is 2.68. The van der Waals surface area contributed by atoms with E-state index in [1.807, 2.05) is 36.4 Å². The predicted octanol–water partition coefficient (Wildman–Crippen LogP) is 3.22. The molecule has 2 aromatic rings. The van der Waals surface area contributed by atoms with E-state index in [1.165, 1.54) is 0 Å². The van der Waals surface area contributed by atoms with Crippen molar-refractivity contribution < 1.29 is 4.79 Å². The molecule has 2 nitrogen and oxygen atoms in total. The van der Waals surface area contributed by atoms with E-state index in [-0.39, 0.29) is 0 Å². The Morgan fingerprint density at radius 3 is 2.31 bits per heavy atom. The molecule has 0 saturated heterocycles. The quantitative estimate of drug-likeness (QED) is 0.899. The van der Waals surface area contributed by atoms with Gasteiger partial charge in [-0.05, 0) is 17.7 Å². The van der Waals surface area contributed by atoms with Gasteiger partial charge in [-0.1, -0.05) is 52.3 Å². The predicted molar refractivity (Wildman–Crippen MR) is 68.1 cm³/mol. The second kappa shape index (κ2) is 4.49. The summed E-state index contributed by atoms with van der Waals surface area (Å²) >= 11 is 3.44. The summed E-state index contributed by atoms with van der Waals surface area (Å²) in [6, 6.07) is 15.1. The number of amides is 1. The molecule has 80 valence electrons. The van der Waals surface area contributed by atoms with Gasteiger partial charge in [-0.3, -0.25) is 4.79 Å². The highest BCUT2D eigenvalue weighted by atomic mass is 79.9. The number of rotatable bonds is 2. The summed E-state index contributed by atoms with van der Waals surface area (Å²) in [5, 5.41) is 0. The van der Waals surface area contributed by atoms with Crippen molar-refractivity contribution >= 4 is 21.8 Å². The van der Waals surface area contributed by atoms with Crippen LogP contribution < -0.4 is 5.73 Å². The molecule has 0 atom stereocenters. The number of hydrogen-bond acceptors (Lipinski definition) is 1. The highest BCUT2D eigenvalue weighted by Gasteiger charge is 2.12. The summed E-state index contributed by atoms with van der Waals surface area (Å²) < 4.78 is 0.870. The van der Waals surface area contributed by atoms with Crippen molar-refractivity contribution in [2.24, 2.45) is 5.73 Å². The molecule has 0 fully saturated rings. The van der Waals surface area contributed by atoms with Crippen LogP contribution in [-0.4, -0.2) is 5.91 Å². The number of carbonyl (C=O) groups is 1. The first-order valence-electron chi connectivity index (χ1n) is 4.84. The molecule has 0 spiro atoms. The molecule has 2 rings (SSSR count). The molecule has 0 aliphatic rings. The zero-order chi connectivity index (χ0) is 11.5. The first kappa shape index (κ1) is 10.9. The van der Waals surface area contributed by atoms with Crippen molar-refractivity contribution in [2.45, 2.75) is 0 Å². The number of hydrogen-bond donors (Lipinski definition) is 1. The van der Waals surface area contributed by atoms with Crippen molar-refractivity contribution in [3.63, 3.8) is 0 Å². The van der Waals surface area contributed by atoms with Gasteiger partial charge in [-0.25, -0.2) is 0 Å². The van der Waals surface area contributed by atoms with E-state index in [4.69, 9.17) is 5.73 Å². The SMILES string of the molecule is NC(=O)c1cccc(Br)c1-c1ccccc1. The van der Waals surface area contributed by atoms with Gasteiger partial charge in [0.25, 0.3) is 0 Å². The van der Waals surface area contributed by atoms with Gasteiger partial charge < -0.3 is 5.73 Å². The van der Waals surface area contributed by atoms with Crippen molar-refractivity contribution in [1.29, 1.82) is 0 Å². The maximum absolute atomic E-state index is 11.3. The summed E-state index contributed by atoms with van der Waals surface area (Å²) in [7, 11) is 0. The minimum atomic E-state index is -0.417. The fourth-order valence-corrected chi connectivity index (χ4v) is 2.22. The smallest absolute Gasteiger partial charge is 0.249 e. The monoisotopic (exact) mass is 275 g/mol. The summed E-state index contributed by atoms with van der Waals surface area (Å²) in [6.45, 7) is 0. The summed E-state index contributed by atoms with van der Waals surface area (Å²) in [4.78, 5) is 11.3. The van der Waals surface area contributed by atoms with Crippen LogP contribution >= 0.6 is 15.9 Å². The fraction of sp³-hybridized carbons (Fsp3) is 0. The lowest BCUT2D eigenvalue weighted by atomic mass is 9.99. The van der Waals surface area contributed by atoms with Gasteiger partial charge in [-0.15, -0.1) is 0 Å². The van der Waals surface area contributed by atoms with Crippen molar-refractivity contribution in [3.8, 4) is 11.1 Å². The maximum atomic E-state index is 11.3. The third-order valence-electron chi connectivity index (χ3n) is 2.34. The molecule has 0 heterocycles. The lowest BCUT2D eigenvalue weighted by Gasteiger charge is -2.09. The van der Waals surface area contributed by atoms with Crippen LogP contribution in [0.15, 0.2) is 53.0 Å². The number of nitrogens with two attached hydrogens (primary N) is 1. The summed E-state index contributed by atoms with van der Waals surface area (Å²) in [5.74, 6) is -0.417. The molecule has 0 aromatic heterocycles. The average molecular weight is 276 g/mol. The van der Waals surface area contributed by atoms with Gasteiger partial charge in [0.15, 0.2) is 0 Å². The molecule has 1 amide bonds. The Bertz CT molecular complexity index is 523. The Labute approximate surface area is 102 Å². The topological polar surface area (TPSA) is 43.1 Å². The number of halogens is 1. The second-order valence-electron chi connectivity index (χ2n) is 3.39. The van der Waals surface area contributed by atoms with Crippen LogP contribution in [-0.2, 0) is 0 Å². The van der Waals surface area contributed by atoms with Gasteiger partial charge in [0, 0.05) is 15.6 Å². The third-order valence-corrected chi connectivity index (χ3v) is 3.00. The van der Waals surface area contributed by atoms with Gasteiger partial charge in [0.2, 0.25) is 5.91 Å². The zero-order valence-electron chi connectivity index (χ0n) is 8.48. The van der Waals surface area contributed by atoms with Gasteiger partial charge in [0.05, 0.1) is 0 Å². The molecular formula is C13H10BrNO. The van der Waals surface area contributed by atoms with Crippen molar-refractivity contribution in [3.05, 3.63) is 58.6 Å². The summed E-state index contributed by atoms with van der Waals surface area (Å²) in [6.07, 6.45) is 0. The highest BCUT2D eigenvalue weighted by molar-refractivity contribution is 9.10. The van der Waals surface area contributed by atoms with E-state index >= 15 is 0 Å². The lowest BCUT2D eigenvalue weighted by molar-refractivity contribution is 0.100. The standard InChI is InChI=1S/C13H10BrNO/c14-11-8-4-7-10(13(15)16)12(11)9-5-2-1-3-6-9/h1-8H,(H2,15,16). The number of primary amides is 1. The molecule has 0 aliphatic carbocycles. The molecule has 0 aliphatic heterocycles. The van der Waals surface area contributed by atoms with E-state index in [2.05, 4.69) is 15.9 Å². The molecule has 0 unspecified atom stereocenters. The Morgan fingerprint density at radius 1 is 1.00 bits per heavy atom. The van der Waals surface area contributed by atoms with E-state index in [9.17, 15) is 4.79 Å². The van der Waals surface area contributed by atoms with Crippen molar-refractivity contribution in [1.82, 2.24) is 0 Å². The molecule has 2 N–H and O–H groups in total. The van der Waals surface area contributed by atoms with E-state index in [0.717, 1.165) is 15.6 Å². The maximum Gasteiger partial charge on any atom is 0.249 e. The second-order valence-corrected chi connectivity index (χ2v) is 4.25. The Kier molecular flexibility index (Phi) is 3.06. The molecule has 16 heavy (non-hydrogen) atoms. The van der Waals surface area contributed by atoms with Gasteiger partial charge >= 0.3 is 0 Å². The van der Waals surface area contributed by atoms with Crippen LogP contribution in [0.3, 0.4) is 0 Å². The van der Waals surface area contributed by atoms with Crippen LogP contribution in [0, 0.1) is 0 Å². The number of carbonyl (C=O) groups excluding carboxylic acids is 1. The van der Waals surface area contributed by atoms with Crippen LogP contribution in [0.25, 0.3) is 11.1 Å². The third kappa shape index (κ3) is 1.99. The van der Waals surface area contributed by atoms with Crippen LogP contribution in [0.4, 0.5) is 0 Å². The highest BCUT2D eigenvalue weighted by Crippen LogP contribution is 2.31. The van der Waals surface area contributed by atoms with E-state index in [0.29, 0.717) is 5.56 Å². The molecule has 0 saturated carbocycles. The van der Waals surface area contributed by atoms with Crippen molar-refractivity contribution in [2.75, 3.05) is 0 Å². The zero-order valence-corrected chi connectivity index (χ0v) is 10.1. The summed E-state index contributed by atoms with van der Waals surface area (Å²) in [5.41, 5.74) is 7.71. The van der Waals surface area contributed by atoms with Crippen LogP contribution in [0.2, 0.25) is 0 Å². The lowest BCUT2D eigenvalue weighted by Crippen LogP contribution is -2.12. The molecule has 2 aromatic carbocycles. The fourth-order valence-electron chi connectivity index (χ4n) is 1.63. The molecule has 0 bridgehead atoms. The molecule has 0 radical (unpaired) electrons. The first-order valence-corrected chi connectivity index (χ1v) is 5.63. The number of benzene rings is 2. The van der Waals surface area contributed by atoms with Crippen LogP contribution in [0.1, 0.15) is 10.4 Å². The Morgan fingerprint density at radius 2 is 1.69 bits per heavy atom. The van der Waals surface area contributed by atoms with Gasteiger partial charge in [0.1, 0.15) is 0 Å². The van der Waals surface area contributed by atoms with Crippen LogP contribution in [0.5, 0.6) is 0 Å². The molecular weight excluding hydrogens is 266 g/mol. The first-order chi connectivity index (χ1) is 7.70. The minimum Gasteiger partial charge on any atom is -0.366 e. The minimum absolute atomic E-state index is 0.417. The molecule has 3 heteroatoms. The Hall–Kier alpha value is -1.61. The van der Waals surface area contributed by atoms with E-state index < -0.39 is 5.91 Å². The van der Waals surface area contributed by atoms with E-state index in [1.54, 1.807) is 12.1 Å². The van der Waals surface area contributed by atoms with Gasteiger partial charge in [-0.2, -0.15) is 0 Å².